The van der Waals surface area contributed by atoms with E-state index in [9.17, 15) is 4.79 Å². The fourth-order valence-electron chi connectivity index (χ4n) is 3.85. The molecule has 2 aromatic rings. The van der Waals surface area contributed by atoms with Gasteiger partial charge in [0, 0.05) is 25.3 Å². The van der Waals surface area contributed by atoms with Gasteiger partial charge in [-0.05, 0) is 29.8 Å². The van der Waals surface area contributed by atoms with Crippen LogP contribution in [0.1, 0.15) is 11.6 Å². The number of anilines is 1. The molecule has 2 saturated heterocycles. The van der Waals surface area contributed by atoms with Crippen molar-refractivity contribution in [2.45, 2.75) is 6.04 Å². The Labute approximate surface area is 154 Å². The number of nitrogens with zero attached hydrogens (tertiary/aromatic N) is 2. The molecule has 0 aliphatic carbocycles. The Morgan fingerprint density at radius 2 is 1.73 bits per heavy atom. The van der Waals surface area contributed by atoms with Crippen LogP contribution in [-0.2, 0) is 9.53 Å². The Balaban J connectivity index is 1.61. The highest BCUT2D eigenvalue weighted by molar-refractivity contribution is 6.03. The Kier molecular flexibility index (Phi) is 4.91. The normalized spacial score (nSPS) is 23.6. The second-order valence-electron chi connectivity index (χ2n) is 6.78. The van der Waals surface area contributed by atoms with Crippen LogP contribution in [-0.4, -0.2) is 50.8 Å². The zero-order chi connectivity index (χ0) is 17.9. The van der Waals surface area contributed by atoms with E-state index >= 15 is 0 Å². The molecule has 1 amide bonds. The molecule has 0 unspecified atom stereocenters. The predicted molar refractivity (Wildman–Crippen MR) is 100 cm³/mol. The summed E-state index contributed by atoms with van der Waals surface area (Å²) in [6.07, 6.45) is 0. The number of β-lactam (4-membered cyclic amide) rings is 1. The number of hydrogen-bond donors (Lipinski definition) is 0. The molecule has 2 aliphatic heterocycles. The van der Waals surface area contributed by atoms with E-state index in [0.717, 1.165) is 49.8 Å². The second kappa shape index (κ2) is 7.48. The van der Waals surface area contributed by atoms with E-state index < -0.39 is 0 Å². The highest BCUT2D eigenvalue weighted by Crippen LogP contribution is 2.44. The number of para-hydroxylation sites is 1. The Morgan fingerprint density at radius 3 is 2.38 bits per heavy atom. The number of rotatable bonds is 5. The van der Waals surface area contributed by atoms with E-state index in [-0.39, 0.29) is 17.9 Å². The SMILES string of the molecule is COc1ccc([C@H]2[C@H](CN3CCOCC3)C(=O)N2c2ccccc2)cc1. The topological polar surface area (TPSA) is 42.0 Å². The second-order valence-corrected chi connectivity index (χ2v) is 6.78. The Hall–Kier alpha value is -2.37. The summed E-state index contributed by atoms with van der Waals surface area (Å²) >= 11 is 0. The van der Waals surface area contributed by atoms with E-state index in [0.29, 0.717) is 0 Å². The zero-order valence-electron chi connectivity index (χ0n) is 15.0. The maximum absolute atomic E-state index is 13.0. The molecule has 0 saturated carbocycles. The number of methoxy groups -OCH3 is 1. The maximum atomic E-state index is 13.0. The van der Waals surface area contributed by atoms with Crippen molar-refractivity contribution in [1.82, 2.24) is 4.90 Å². The lowest BCUT2D eigenvalue weighted by Crippen LogP contribution is -2.59. The first-order chi connectivity index (χ1) is 12.8. The lowest BCUT2D eigenvalue weighted by atomic mass is 9.81. The van der Waals surface area contributed by atoms with Gasteiger partial charge >= 0.3 is 0 Å². The third-order valence-corrected chi connectivity index (χ3v) is 5.26. The molecule has 2 fully saturated rings. The summed E-state index contributed by atoms with van der Waals surface area (Å²) in [7, 11) is 1.67. The number of hydrogen-bond acceptors (Lipinski definition) is 4. The number of morpholine rings is 1. The molecule has 0 spiro atoms. The van der Waals surface area contributed by atoms with Gasteiger partial charge in [-0.15, -0.1) is 0 Å². The Bertz CT molecular complexity index is 742. The Morgan fingerprint density at radius 1 is 1.04 bits per heavy atom. The van der Waals surface area contributed by atoms with Crippen molar-refractivity contribution in [3.05, 3.63) is 60.2 Å². The average molecular weight is 352 g/mol. The van der Waals surface area contributed by atoms with Crippen LogP contribution >= 0.6 is 0 Å². The third-order valence-electron chi connectivity index (χ3n) is 5.26. The summed E-state index contributed by atoms with van der Waals surface area (Å²) in [5.74, 6) is 1.00. The van der Waals surface area contributed by atoms with Gasteiger partial charge in [0.05, 0.1) is 32.3 Å². The van der Waals surface area contributed by atoms with E-state index in [4.69, 9.17) is 9.47 Å². The van der Waals surface area contributed by atoms with E-state index in [1.165, 1.54) is 0 Å². The van der Waals surface area contributed by atoms with E-state index in [1.54, 1.807) is 7.11 Å². The molecule has 2 aliphatic rings. The van der Waals surface area contributed by atoms with Gasteiger partial charge in [0.25, 0.3) is 0 Å². The highest BCUT2D eigenvalue weighted by atomic mass is 16.5. The molecule has 0 N–H and O–H groups in total. The summed E-state index contributed by atoms with van der Waals surface area (Å²) in [6, 6.07) is 18.0. The number of amides is 1. The lowest BCUT2D eigenvalue weighted by Gasteiger charge is -2.49. The molecule has 2 atom stereocenters. The van der Waals surface area contributed by atoms with Gasteiger partial charge in [0.15, 0.2) is 0 Å². The summed E-state index contributed by atoms with van der Waals surface area (Å²) in [5.41, 5.74) is 2.10. The van der Waals surface area contributed by atoms with Gasteiger partial charge in [-0.25, -0.2) is 0 Å². The van der Waals surface area contributed by atoms with Gasteiger partial charge in [0.2, 0.25) is 5.91 Å². The van der Waals surface area contributed by atoms with Crippen molar-refractivity contribution < 1.29 is 14.3 Å². The summed E-state index contributed by atoms with van der Waals surface area (Å²) in [5, 5.41) is 0. The standard InChI is InChI=1S/C21H24N2O3/c1-25-18-9-7-16(8-10-18)20-19(15-22-11-13-26-14-12-22)21(24)23(20)17-5-3-2-4-6-17/h2-10,19-20H,11-15H2,1H3/t19-,20-/m0/s1. The average Bonchev–Trinajstić information content (AvgIpc) is 2.71. The maximum Gasteiger partial charge on any atom is 0.234 e. The fourth-order valence-corrected chi connectivity index (χ4v) is 3.85. The van der Waals surface area contributed by atoms with Crippen molar-refractivity contribution >= 4 is 11.6 Å². The van der Waals surface area contributed by atoms with Crippen LogP contribution in [0, 0.1) is 5.92 Å². The van der Waals surface area contributed by atoms with Crippen molar-refractivity contribution in [3.8, 4) is 5.75 Å². The third kappa shape index (κ3) is 3.20. The molecule has 2 heterocycles. The summed E-state index contributed by atoms with van der Waals surface area (Å²) < 4.78 is 10.7. The van der Waals surface area contributed by atoms with Gasteiger partial charge < -0.3 is 14.4 Å². The zero-order valence-corrected chi connectivity index (χ0v) is 15.0. The van der Waals surface area contributed by atoms with Crippen LogP contribution < -0.4 is 9.64 Å². The van der Waals surface area contributed by atoms with E-state index in [2.05, 4.69) is 17.0 Å². The number of carbonyl (C=O) groups excluding carboxylic acids is 1. The first-order valence-corrected chi connectivity index (χ1v) is 9.10. The first-order valence-electron chi connectivity index (χ1n) is 9.10. The smallest absolute Gasteiger partial charge is 0.234 e. The first kappa shape index (κ1) is 17.1. The number of ether oxygens (including phenoxy) is 2. The van der Waals surface area contributed by atoms with Crippen molar-refractivity contribution in [2.75, 3.05) is 44.9 Å². The molecule has 5 nitrogen and oxygen atoms in total. The number of carbonyl (C=O) groups is 1. The number of benzene rings is 2. The molecular weight excluding hydrogens is 328 g/mol. The molecule has 4 rings (SSSR count). The summed E-state index contributed by atoms with van der Waals surface area (Å²) in [4.78, 5) is 17.2. The highest BCUT2D eigenvalue weighted by Gasteiger charge is 2.49. The van der Waals surface area contributed by atoms with Gasteiger partial charge in [-0.1, -0.05) is 30.3 Å². The fraction of sp³-hybridized carbons (Fsp3) is 0.381. The van der Waals surface area contributed by atoms with Gasteiger partial charge in [0.1, 0.15) is 5.75 Å². The molecule has 0 bridgehead atoms. The molecule has 2 aromatic carbocycles. The molecule has 136 valence electrons. The molecular formula is C21H24N2O3. The minimum absolute atomic E-state index is 0.0262. The quantitative estimate of drug-likeness (QED) is 0.776. The molecule has 0 radical (unpaired) electrons. The van der Waals surface area contributed by atoms with Crippen LogP contribution in [0.5, 0.6) is 5.75 Å². The largest absolute Gasteiger partial charge is 0.497 e. The van der Waals surface area contributed by atoms with Gasteiger partial charge in [-0.3, -0.25) is 9.69 Å². The van der Waals surface area contributed by atoms with Gasteiger partial charge in [-0.2, -0.15) is 0 Å². The van der Waals surface area contributed by atoms with Crippen LogP contribution in [0.3, 0.4) is 0 Å². The lowest BCUT2D eigenvalue weighted by molar-refractivity contribution is -0.132. The van der Waals surface area contributed by atoms with Crippen molar-refractivity contribution in [3.63, 3.8) is 0 Å². The molecule has 5 heteroatoms. The van der Waals surface area contributed by atoms with Crippen LogP contribution in [0.2, 0.25) is 0 Å². The predicted octanol–water partition coefficient (Wildman–Crippen LogP) is 2.73. The van der Waals surface area contributed by atoms with E-state index in [1.807, 2.05) is 47.4 Å². The molecule has 26 heavy (non-hydrogen) atoms. The van der Waals surface area contributed by atoms with Crippen molar-refractivity contribution in [1.29, 1.82) is 0 Å². The minimum Gasteiger partial charge on any atom is -0.497 e. The molecule has 0 aromatic heterocycles. The van der Waals surface area contributed by atoms with Crippen molar-refractivity contribution in [2.24, 2.45) is 5.92 Å². The summed E-state index contributed by atoms with van der Waals surface area (Å²) in [6.45, 7) is 4.06. The monoisotopic (exact) mass is 352 g/mol. The van der Waals surface area contributed by atoms with Crippen LogP contribution in [0.15, 0.2) is 54.6 Å². The van der Waals surface area contributed by atoms with Crippen LogP contribution in [0.25, 0.3) is 0 Å². The minimum atomic E-state index is -0.0262. The van der Waals surface area contributed by atoms with Crippen LogP contribution in [0.4, 0.5) is 5.69 Å².